The smallest absolute Gasteiger partial charge is 0.241 e. The Balaban J connectivity index is 2.07. The SMILES string of the molecule is COc1cnc(C(O)CCc2ccncc2)c(OC)n1. The Labute approximate surface area is 117 Å². The van der Waals surface area contributed by atoms with Crippen LogP contribution in [0.15, 0.2) is 30.7 Å². The summed E-state index contributed by atoms with van der Waals surface area (Å²) in [6, 6.07) is 3.84. The van der Waals surface area contributed by atoms with Crippen molar-refractivity contribution in [2.45, 2.75) is 18.9 Å². The number of pyridine rings is 1. The van der Waals surface area contributed by atoms with E-state index >= 15 is 0 Å². The van der Waals surface area contributed by atoms with Gasteiger partial charge in [-0.3, -0.25) is 4.98 Å². The summed E-state index contributed by atoms with van der Waals surface area (Å²) in [4.78, 5) is 12.2. The van der Waals surface area contributed by atoms with Crippen molar-refractivity contribution in [1.82, 2.24) is 15.0 Å². The van der Waals surface area contributed by atoms with Gasteiger partial charge in [0.1, 0.15) is 11.8 Å². The highest BCUT2D eigenvalue weighted by Gasteiger charge is 2.17. The molecule has 0 saturated heterocycles. The summed E-state index contributed by atoms with van der Waals surface area (Å²) in [6.07, 6.45) is 5.44. The van der Waals surface area contributed by atoms with Crippen molar-refractivity contribution in [3.8, 4) is 11.8 Å². The number of hydrogen-bond donors (Lipinski definition) is 1. The van der Waals surface area contributed by atoms with E-state index in [0.29, 0.717) is 18.0 Å². The van der Waals surface area contributed by atoms with Crippen LogP contribution in [0.4, 0.5) is 0 Å². The second-order valence-electron chi connectivity index (χ2n) is 4.22. The van der Waals surface area contributed by atoms with Crippen molar-refractivity contribution in [3.05, 3.63) is 42.0 Å². The lowest BCUT2D eigenvalue weighted by atomic mass is 10.1. The molecule has 0 aromatic carbocycles. The van der Waals surface area contributed by atoms with Crippen molar-refractivity contribution in [1.29, 1.82) is 0 Å². The molecule has 2 heterocycles. The number of rotatable bonds is 6. The van der Waals surface area contributed by atoms with E-state index in [1.54, 1.807) is 12.4 Å². The fourth-order valence-corrected chi connectivity index (χ4v) is 1.83. The first-order valence-electron chi connectivity index (χ1n) is 6.26. The van der Waals surface area contributed by atoms with Gasteiger partial charge in [0.25, 0.3) is 0 Å². The Bertz CT molecular complexity index is 549. The van der Waals surface area contributed by atoms with Crippen LogP contribution in [-0.2, 0) is 6.42 Å². The molecule has 20 heavy (non-hydrogen) atoms. The second-order valence-corrected chi connectivity index (χ2v) is 4.22. The Morgan fingerprint density at radius 2 is 1.95 bits per heavy atom. The van der Waals surface area contributed by atoms with E-state index in [0.717, 1.165) is 12.0 Å². The first-order chi connectivity index (χ1) is 9.74. The molecule has 106 valence electrons. The molecular weight excluding hydrogens is 258 g/mol. The summed E-state index contributed by atoms with van der Waals surface area (Å²) in [6.45, 7) is 0. The van der Waals surface area contributed by atoms with Crippen LogP contribution in [0.3, 0.4) is 0 Å². The van der Waals surface area contributed by atoms with Crippen LogP contribution in [0.1, 0.15) is 23.8 Å². The van der Waals surface area contributed by atoms with Crippen LogP contribution in [0.5, 0.6) is 11.8 Å². The van der Waals surface area contributed by atoms with Crippen molar-refractivity contribution >= 4 is 0 Å². The second kappa shape index (κ2) is 6.81. The molecule has 1 N–H and O–H groups in total. The van der Waals surface area contributed by atoms with Gasteiger partial charge in [-0.1, -0.05) is 0 Å². The molecule has 0 radical (unpaired) electrons. The molecule has 1 atom stereocenters. The summed E-state index contributed by atoms with van der Waals surface area (Å²) < 4.78 is 10.1. The van der Waals surface area contributed by atoms with Crippen molar-refractivity contribution in [3.63, 3.8) is 0 Å². The number of aryl methyl sites for hydroxylation is 1. The van der Waals surface area contributed by atoms with Gasteiger partial charge < -0.3 is 14.6 Å². The summed E-state index contributed by atoms with van der Waals surface area (Å²) >= 11 is 0. The molecule has 2 rings (SSSR count). The maximum atomic E-state index is 10.2. The Hall–Kier alpha value is -2.21. The number of nitrogens with zero attached hydrogens (tertiary/aromatic N) is 3. The van der Waals surface area contributed by atoms with Gasteiger partial charge in [0.05, 0.1) is 20.4 Å². The largest absolute Gasteiger partial charge is 0.480 e. The lowest BCUT2D eigenvalue weighted by Gasteiger charge is -2.13. The highest BCUT2D eigenvalue weighted by molar-refractivity contribution is 5.25. The number of aliphatic hydroxyl groups is 1. The van der Waals surface area contributed by atoms with E-state index < -0.39 is 6.10 Å². The first kappa shape index (κ1) is 14.2. The molecule has 2 aromatic rings. The minimum absolute atomic E-state index is 0.284. The minimum Gasteiger partial charge on any atom is -0.480 e. The topological polar surface area (TPSA) is 77.4 Å². The van der Waals surface area contributed by atoms with Crippen LogP contribution >= 0.6 is 0 Å². The number of methoxy groups -OCH3 is 2. The molecule has 6 nitrogen and oxygen atoms in total. The van der Waals surface area contributed by atoms with E-state index in [2.05, 4.69) is 15.0 Å². The first-order valence-corrected chi connectivity index (χ1v) is 6.26. The van der Waals surface area contributed by atoms with E-state index in [9.17, 15) is 5.11 Å². The number of aromatic nitrogens is 3. The predicted octanol–water partition coefficient (Wildman–Crippen LogP) is 1.55. The average molecular weight is 275 g/mol. The molecule has 2 aromatic heterocycles. The van der Waals surface area contributed by atoms with Gasteiger partial charge in [0, 0.05) is 12.4 Å². The van der Waals surface area contributed by atoms with Crippen molar-refractivity contribution in [2.24, 2.45) is 0 Å². The zero-order valence-corrected chi connectivity index (χ0v) is 11.5. The molecule has 0 amide bonds. The zero-order chi connectivity index (χ0) is 14.4. The zero-order valence-electron chi connectivity index (χ0n) is 11.5. The Morgan fingerprint density at radius 1 is 1.20 bits per heavy atom. The number of aliphatic hydroxyl groups excluding tert-OH is 1. The third-order valence-electron chi connectivity index (χ3n) is 2.92. The maximum Gasteiger partial charge on any atom is 0.241 e. The Kier molecular flexibility index (Phi) is 4.84. The van der Waals surface area contributed by atoms with Crippen molar-refractivity contribution < 1.29 is 14.6 Å². The van der Waals surface area contributed by atoms with Crippen LogP contribution in [0.2, 0.25) is 0 Å². The van der Waals surface area contributed by atoms with Gasteiger partial charge >= 0.3 is 0 Å². The summed E-state index contributed by atoms with van der Waals surface area (Å²) in [7, 11) is 2.99. The lowest BCUT2D eigenvalue weighted by Crippen LogP contribution is -2.07. The maximum absolute atomic E-state index is 10.2. The fraction of sp³-hybridized carbons (Fsp3) is 0.357. The van der Waals surface area contributed by atoms with Gasteiger partial charge in [0.2, 0.25) is 11.8 Å². The molecule has 0 spiro atoms. The van der Waals surface area contributed by atoms with E-state index in [4.69, 9.17) is 9.47 Å². The van der Waals surface area contributed by atoms with Crippen LogP contribution in [0.25, 0.3) is 0 Å². The standard InChI is InChI=1S/C14H17N3O3/c1-19-12-9-16-13(14(17-12)20-2)11(18)4-3-10-5-7-15-8-6-10/h5-9,11,18H,3-4H2,1-2H3. The number of ether oxygens (including phenoxy) is 2. The van der Waals surface area contributed by atoms with E-state index in [-0.39, 0.29) is 5.88 Å². The third kappa shape index (κ3) is 3.42. The van der Waals surface area contributed by atoms with Crippen LogP contribution in [-0.4, -0.2) is 34.3 Å². The predicted molar refractivity (Wildman–Crippen MR) is 72.7 cm³/mol. The highest BCUT2D eigenvalue weighted by atomic mass is 16.5. The van der Waals surface area contributed by atoms with Crippen molar-refractivity contribution in [2.75, 3.05) is 14.2 Å². The quantitative estimate of drug-likeness (QED) is 0.862. The molecule has 1 unspecified atom stereocenters. The summed E-state index contributed by atoms with van der Waals surface area (Å²) in [5, 5.41) is 10.2. The number of hydrogen-bond acceptors (Lipinski definition) is 6. The third-order valence-corrected chi connectivity index (χ3v) is 2.92. The molecule has 0 aliphatic rings. The normalized spacial score (nSPS) is 11.9. The summed E-state index contributed by atoms with van der Waals surface area (Å²) in [5.74, 6) is 0.638. The molecule has 0 fully saturated rings. The van der Waals surface area contributed by atoms with E-state index in [1.165, 1.54) is 20.4 Å². The fourth-order valence-electron chi connectivity index (χ4n) is 1.83. The molecule has 0 aliphatic heterocycles. The monoisotopic (exact) mass is 275 g/mol. The molecule has 6 heteroatoms. The Morgan fingerprint density at radius 3 is 2.60 bits per heavy atom. The van der Waals surface area contributed by atoms with E-state index in [1.807, 2.05) is 12.1 Å². The molecule has 0 aliphatic carbocycles. The summed E-state index contributed by atoms with van der Waals surface area (Å²) in [5.41, 5.74) is 1.53. The molecular formula is C14H17N3O3. The van der Waals surface area contributed by atoms with Gasteiger partial charge in [-0.25, -0.2) is 4.98 Å². The van der Waals surface area contributed by atoms with Gasteiger partial charge in [-0.2, -0.15) is 4.98 Å². The lowest BCUT2D eigenvalue weighted by molar-refractivity contribution is 0.157. The van der Waals surface area contributed by atoms with Gasteiger partial charge in [-0.05, 0) is 30.5 Å². The van der Waals surface area contributed by atoms with Gasteiger partial charge in [-0.15, -0.1) is 0 Å². The minimum atomic E-state index is -0.739. The molecule has 0 saturated carbocycles. The molecule has 0 bridgehead atoms. The van der Waals surface area contributed by atoms with Gasteiger partial charge in [0.15, 0.2) is 0 Å². The van der Waals surface area contributed by atoms with Crippen LogP contribution in [0, 0.1) is 0 Å². The van der Waals surface area contributed by atoms with Crippen LogP contribution < -0.4 is 9.47 Å². The highest BCUT2D eigenvalue weighted by Crippen LogP contribution is 2.26. The average Bonchev–Trinajstić information content (AvgIpc) is 2.52.